The Labute approximate surface area is 83.5 Å². The van der Waals surface area contributed by atoms with Gasteiger partial charge in [-0.05, 0) is 25.3 Å². The van der Waals surface area contributed by atoms with Gasteiger partial charge in [-0.25, -0.2) is 0 Å². The fourth-order valence-electron chi connectivity index (χ4n) is 1.58. The molecule has 1 aromatic rings. The Kier molecular flexibility index (Phi) is 3.68. The average molecular weight is 196 g/mol. The van der Waals surface area contributed by atoms with Crippen molar-refractivity contribution in [2.75, 3.05) is 0 Å². The van der Waals surface area contributed by atoms with Gasteiger partial charge in [-0.1, -0.05) is 6.92 Å². The lowest BCUT2D eigenvalue weighted by atomic mass is 10.1. The SMILES string of the molecule is CCc1c(CCC(=O)O)cnn1CC. The number of nitrogens with zero attached hydrogens (tertiary/aromatic N) is 2. The molecule has 78 valence electrons. The molecule has 0 spiro atoms. The highest BCUT2D eigenvalue weighted by Gasteiger charge is 2.08. The average Bonchev–Trinajstić information content (AvgIpc) is 2.56. The van der Waals surface area contributed by atoms with E-state index in [9.17, 15) is 4.79 Å². The monoisotopic (exact) mass is 196 g/mol. The standard InChI is InChI=1S/C10H16N2O2/c1-3-9-8(5-6-10(13)14)7-11-12(9)4-2/h7H,3-6H2,1-2H3,(H,13,14). The molecule has 1 heterocycles. The maximum atomic E-state index is 10.4. The Morgan fingerprint density at radius 1 is 1.57 bits per heavy atom. The van der Waals surface area contributed by atoms with E-state index in [0.717, 1.165) is 24.2 Å². The second-order valence-electron chi connectivity index (χ2n) is 3.18. The molecule has 0 atom stereocenters. The largest absolute Gasteiger partial charge is 0.481 e. The van der Waals surface area contributed by atoms with Gasteiger partial charge < -0.3 is 5.11 Å². The summed E-state index contributed by atoms with van der Waals surface area (Å²) in [5.41, 5.74) is 2.23. The Balaban J connectivity index is 2.75. The first-order chi connectivity index (χ1) is 6.69. The molecule has 0 radical (unpaired) electrons. The van der Waals surface area contributed by atoms with Gasteiger partial charge in [-0.2, -0.15) is 5.10 Å². The molecule has 0 aliphatic carbocycles. The lowest BCUT2D eigenvalue weighted by Crippen LogP contribution is -2.04. The summed E-state index contributed by atoms with van der Waals surface area (Å²) in [6, 6.07) is 0. The van der Waals surface area contributed by atoms with Crippen LogP contribution in [0.2, 0.25) is 0 Å². The van der Waals surface area contributed by atoms with Crippen molar-refractivity contribution in [2.24, 2.45) is 0 Å². The minimum absolute atomic E-state index is 0.183. The van der Waals surface area contributed by atoms with E-state index in [2.05, 4.69) is 12.0 Å². The predicted molar refractivity (Wildman–Crippen MR) is 53.2 cm³/mol. The van der Waals surface area contributed by atoms with Crippen LogP contribution < -0.4 is 0 Å². The highest BCUT2D eigenvalue weighted by atomic mass is 16.4. The fourth-order valence-corrected chi connectivity index (χ4v) is 1.58. The molecule has 0 saturated carbocycles. The maximum Gasteiger partial charge on any atom is 0.303 e. The van der Waals surface area contributed by atoms with Crippen LogP contribution in [0.25, 0.3) is 0 Å². The van der Waals surface area contributed by atoms with E-state index in [1.165, 1.54) is 0 Å². The molecule has 0 aliphatic rings. The van der Waals surface area contributed by atoms with E-state index in [0.29, 0.717) is 6.42 Å². The Hall–Kier alpha value is -1.32. The number of aromatic nitrogens is 2. The summed E-state index contributed by atoms with van der Waals surface area (Å²) in [5.74, 6) is -0.753. The second-order valence-corrected chi connectivity index (χ2v) is 3.18. The quantitative estimate of drug-likeness (QED) is 0.776. The number of hydrogen-bond acceptors (Lipinski definition) is 2. The molecule has 0 unspecified atom stereocenters. The van der Waals surface area contributed by atoms with Gasteiger partial charge in [0.15, 0.2) is 0 Å². The van der Waals surface area contributed by atoms with Gasteiger partial charge in [0.2, 0.25) is 0 Å². The first-order valence-corrected chi connectivity index (χ1v) is 4.94. The number of carbonyl (C=O) groups is 1. The molecule has 0 saturated heterocycles. The van der Waals surface area contributed by atoms with E-state index in [-0.39, 0.29) is 6.42 Å². The normalized spacial score (nSPS) is 10.4. The molecule has 14 heavy (non-hydrogen) atoms. The van der Waals surface area contributed by atoms with Crippen LogP contribution in [0, 0.1) is 0 Å². The van der Waals surface area contributed by atoms with Crippen LogP contribution in [0.4, 0.5) is 0 Å². The van der Waals surface area contributed by atoms with E-state index in [1.54, 1.807) is 6.20 Å². The third kappa shape index (κ3) is 2.34. The van der Waals surface area contributed by atoms with Crippen molar-refractivity contribution >= 4 is 5.97 Å². The zero-order valence-corrected chi connectivity index (χ0v) is 8.66. The number of carboxylic acids is 1. The number of hydrogen-bond donors (Lipinski definition) is 1. The fraction of sp³-hybridized carbons (Fsp3) is 0.600. The van der Waals surface area contributed by atoms with Crippen molar-refractivity contribution in [1.82, 2.24) is 9.78 Å². The first kappa shape index (κ1) is 10.8. The third-order valence-corrected chi connectivity index (χ3v) is 2.28. The third-order valence-electron chi connectivity index (χ3n) is 2.28. The van der Waals surface area contributed by atoms with Gasteiger partial charge in [0.1, 0.15) is 0 Å². The summed E-state index contributed by atoms with van der Waals surface area (Å²) in [6.07, 6.45) is 3.45. The molecule has 1 N–H and O–H groups in total. The van der Waals surface area contributed by atoms with Crippen molar-refractivity contribution in [1.29, 1.82) is 0 Å². The zero-order valence-electron chi connectivity index (χ0n) is 8.66. The molecule has 0 bridgehead atoms. The van der Waals surface area contributed by atoms with Gasteiger partial charge in [0, 0.05) is 18.7 Å². The van der Waals surface area contributed by atoms with Gasteiger partial charge in [0.05, 0.1) is 6.20 Å². The number of aliphatic carboxylic acids is 1. The summed E-state index contributed by atoms with van der Waals surface area (Å²) in [7, 11) is 0. The molecule has 0 aliphatic heterocycles. The topological polar surface area (TPSA) is 55.1 Å². The maximum absolute atomic E-state index is 10.4. The summed E-state index contributed by atoms with van der Waals surface area (Å²) < 4.78 is 1.93. The summed E-state index contributed by atoms with van der Waals surface area (Å²) in [5, 5.41) is 12.8. The summed E-state index contributed by atoms with van der Waals surface area (Å²) in [4.78, 5) is 10.4. The van der Waals surface area contributed by atoms with Crippen molar-refractivity contribution < 1.29 is 9.90 Å². The molecule has 4 nitrogen and oxygen atoms in total. The lowest BCUT2D eigenvalue weighted by molar-refractivity contribution is -0.136. The van der Waals surface area contributed by atoms with Gasteiger partial charge in [-0.3, -0.25) is 9.48 Å². The molecule has 1 rings (SSSR count). The molecule has 0 aromatic carbocycles. The summed E-state index contributed by atoms with van der Waals surface area (Å²) in [6.45, 7) is 4.94. The van der Waals surface area contributed by atoms with Crippen LogP contribution in [0.5, 0.6) is 0 Å². The van der Waals surface area contributed by atoms with Crippen LogP contribution in [-0.4, -0.2) is 20.9 Å². The zero-order chi connectivity index (χ0) is 10.6. The Bertz CT molecular complexity index is 318. The number of carboxylic acid groups (broad SMARTS) is 1. The molecular weight excluding hydrogens is 180 g/mol. The van der Waals surface area contributed by atoms with Crippen LogP contribution >= 0.6 is 0 Å². The van der Waals surface area contributed by atoms with Gasteiger partial charge in [-0.15, -0.1) is 0 Å². The smallest absolute Gasteiger partial charge is 0.303 e. The van der Waals surface area contributed by atoms with Crippen molar-refractivity contribution in [3.63, 3.8) is 0 Å². The van der Waals surface area contributed by atoms with Crippen molar-refractivity contribution in [2.45, 2.75) is 39.7 Å². The highest BCUT2D eigenvalue weighted by molar-refractivity contribution is 5.67. The lowest BCUT2D eigenvalue weighted by Gasteiger charge is -2.03. The van der Waals surface area contributed by atoms with Gasteiger partial charge in [0.25, 0.3) is 0 Å². The minimum Gasteiger partial charge on any atom is -0.481 e. The Morgan fingerprint density at radius 3 is 2.79 bits per heavy atom. The van der Waals surface area contributed by atoms with Gasteiger partial charge >= 0.3 is 5.97 Å². The van der Waals surface area contributed by atoms with Crippen molar-refractivity contribution in [3.05, 3.63) is 17.5 Å². The predicted octanol–water partition coefficient (Wildman–Crippen LogP) is 1.48. The van der Waals surface area contributed by atoms with Crippen LogP contribution in [0.1, 0.15) is 31.5 Å². The number of rotatable bonds is 5. The second kappa shape index (κ2) is 4.79. The van der Waals surface area contributed by atoms with Crippen LogP contribution in [-0.2, 0) is 24.2 Å². The molecule has 4 heteroatoms. The Morgan fingerprint density at radius 2 is 2.29 bits per heavy atom. The number of aryl methyl sites for hydroxylation is 2. The van der Waals surface area contributed by atoms with E-state index in [4.69, 9.17) is 5.11 Å². The van der Waals surface area contributed by atoms with Crippen LogP contribution in [0.3, 0.4) is 0 Å². The molecule has 1 aromatic heterocycles. The minimum atomic E-state index is -0.753. The van der Waals surface area contributed by atoms with Crippen molar-refractivity contribution in [3.8, 4) is 0 Å². The summed E-state index contributed by atoms with van der Waals surface area (Å²) >= 11 is 0. The first-order valence-electron chi connectivity index (χ1n) is 4.94. The van der Waals surface area contributed by atoms with E-state index >= 15 is 0 Å². The molecule has 0 amide bonds. The molecular formula is C10H16N2O2. The van der Waals surface area contributed by atoms with E-state index < -0.39 is 5.97 Å². The van der Waals surface area contributed by atoms with Crippen LogP contribution in [0.15, 0.2) is 6.20 Å². The highest BCUT2D eigenvalue weighted by Crippen LogP contribution is 2.11. The van der Waals surface area contributed by atoms with E-state index in [1.807, 2.05) is 11.6 Å². The molecule has 0 fully saturated rings.